The zero-order valence-electron chi connectivity index (χ0n) is 22.2. The fraction of sp³-hybridized carbons (Fsp3) is 0.742. The quantitative estimate of drug-likeness (QED) is 0.492. The van der Waals surface area contributed by atoms with Gasteiger partial charge in [-0.1, -0.05) is 13.8 Å². The number of amides is 1. The average molecular weight is 477 g/mol. The molecule has 5 rings (SSSR count). The van der Waals surface area contributed by atoms with E-state index in [2.05, 4.69) is 25.2 Å². The van der Waals surface area contributed by atoms with Crippen LogP contribution in [0, 0.1) is 64.6 Å². The van der Waals surface area contributed by atoms with Gasteiger partial charge in [-0.05, 0) is 135 Å². The molecular formula is C31H44N2O2. The summed E-state index contributed by atoms with van der Waals surface area (Å²) in [5.74, 6) is 4.22. The predicted molar refractivity (Wildman–Crippen MR) is 140 cm³/mol. The first-order valence-corrected chi connectivity index (χ1v) is 14.2. The van der Waals surface area contributed by atoms with Crippen LogP contribution in [0.15, 0.2) is 18.2 Å². The largest absolute Gasteiger partial charge is 0.384 e. The molecule has 0 saturated heterocycles. The maximum atomic E-state index is 13.6. The van der Waals surface area contributed by atoms with Crippen LogP contribution in [0.1, 0.15) is 89.2 Å². The van der Waals surface area contributed by atoms with E-state index in [1.165, 1.54) is 57.8 Å². The Morgan fingerprint density at radius 1 is 1.14 bits per heavy atom. The summed E-state index contributed by atoms with van der Waals surface area (Å²) in [4.78, 5) is 13.6. The molecule has 8 atom stereocenters. The minimum atomic E-state index is 0.0937. The van der Waals surface area contributed by atoms with Crippen molar-refractivity contribution in [2.75, 3.05) is 19.0 Å². The molecule has 0 heterocycles. The van der Waals surface area contributed by atoms with Crippen molar-refractivity contribution < 1.29 is 9.53 Å². The standard InChI is InChI=1S/C31H44N2O2/c1-5-31-15-12-22(19-35-4)17-23(31)7-8-24-25-9-10-27(30(25,3)14-13-26(24)31)29(34)33-28-11-6-21(18-32)16-20(28)2/h6,11,16,22-27H,5,7-10,12-15,17,19H2,1-4H3,(H,33,34). The molecule has 1 aromatic rings. The first-order valence-electron chi connectivity index (χ1n) is 14.2. The monoisotopic (exact) mass is 476 g/mol. The number of nitrogens with zero attached hydrogens (tertiary/aromatic N) is 1. The van der Waals surface area contributed by atoms with Gasteiger partial charge in [-0.2, -0.15) is 5.26 Å². The molecule has 1 N–H and O–H groups in total. The number of carbonyl (C=O) groups is 1. The van der Waals surface area contributed by atoms with Crippen molar-refractivity contribution >= 4 is 11.6 Å². The highest BCUT2D eigenvalue weighted by Crippen LogP contribution is 2.68. The smallest absolute Gasteiger partial charge is 0.228 e. The van der Waals surface area contributed by atoms with Gasteiger partial charge < -0.3 is 10.1 Å². The van der Waals surface area contributed by atoms with E-state index in [1.54, 1.807) is 6.07 Å². The molecule has 0 aromatic heterocycles. The van der Waals surface area contributed by atoms with E-state index in [1.807, 2.05) is 26.2 Å². The molecular weight excluding hydrogens is 432 g/mol. The SMILES string of the molecule is CCC12CCC(COC)CC1CCC1C3CCC(C(=O)Nc4ccc(C#N)cc4C)C3(C)CCC12. The summed E-state index contributed by atoms with van der Waals surface area (Å²) in [5.41, 5.74) is 3.10. The normalized spacial score (nSPS) is 40.2. The van der Waals surface area contributed by atoms with Crippen molar-refractivity contribution in [3.63, 3.8) is 0 Å². The van der Waals surface area contributed by atoms with Crippen molar-refractivity contribution in [1.29, 1.82) is 5.26 Å². The van der Waals surface area contributed by atoms with E-state index in [0.29, 0.717) is 16.9 Å². The lowest BCUT2D eigenvalue weighted by Crippen LogP contribution is -2.55. The van der Waals surface area contributed by atoms with Crippen LogP contribution in [0.2, 0.25) is 0 Å². The van der Waals surface area contributed by atoms with Crippen LogP contribution in [-0.2, 0) is 9.53 Å². The fourth-order valence-corrected chi connectivity index (χ4v) is 9.76. The summed E-state index contributed by atoms with van der Waals surface area (Å²) in [5, 5.41) is 12.4. The Balaban J connectivity index is 1.33. The van der Waals surface area contributed by atoms with E-state index in [9.17, 15) is 4.79 Å². The number of anilines is 1. The first-order chi connectivity index (χ1) is 16.9. The number of ether oxygens (including phenoxy) is 1. The third kappa shape index (κ3) is 4.03. The Labute approximate surface area is 212 Å². The molecule has 4 aliphatic carbocycles. The van der Waals surface area contributed by atoms with Gasteiger partial charge in [0.1, 0.15) is 0 Å². The van der Waals surface area contributed by atoms with Gasteiger partial charge in [0.25, 0.3) is 0 Å². The van der Waals surface area contributed by atoms with Crippen molar-refractivity contribution in [2.45, 2.75) is 85.0 Å². The second-order valence-corrected chi connectivity index (χ2v) is 12.6. The molecule has 0 radical (unpaired) electrons. The zero-order valence-corrected chi connectivity index (χ0v) is 22.2. The Morgan fingerprint density at radius 2 is 1.97 bits per heavy atom. The Morgan fingerprint density at radius 3 is 2.69 bits per heavy atom. The number of nitrogens with one attached hydrogen (secondary N) is 1. The summed E-state index contributed by atoms with van der Waals surface area (Å²) in [7, 11) is 1.86. The highest BCUT2D eigenvalue weighted by atomic mass is 16.5. The van der Waals surface area contributed by atoms with E-state index in [-0.39, 0.29) is 17.2 Å². The van der Waals surface area contributed by atoms with Crippen LogP contribution in [0.3, 0.4) is 0 Å². The summed E-state index contributed by atoms with van der Waals surface area (Å²) in [6, 6.07) is 7.75. The van der Waals surface area contributed by atoms with Crippen LogP contribution in [0.4, 0.5) is 5.69 Å². The summed E-state index contributed by atoms with van der Waals surface area (Å²) in [6.45, 7) is 7.81. The number of methoxy groups -OCH3 is 1. The third-order valence-corrected chi connectivity index (χ3v) is 11.5. The molecule has 4 aliphatic rings. The van der Waals surface area contributed by atoms with Crippen LogP contribution in [-0.4, -0.2) is 19.6 Å². The maximum Gasteiger partial charge on any atom is 0.228 e. The van der Waals surface area contributed by atoms with Crippen LogP contribution in [0.25, 0.3) is 0 Å². The van der Waals surface area contributed by atoms with Gasteiger partial charge in [-0.25, -0.2) is 0 Å². The van der Waals surface area contributed by atoms with Gasteiger partial charge in [-0.15, -0.1) is 0 Å². The zero-order chi connectivity index (χ0) is 24.8. The third-order valence-electron chi connectivity index (χ3n) is 11.5. The van der Waals surface area contributed by atoms with Crippen LogP contribution < -0.4 is 5.32 Å². The van der Waals surface area contributed by atoms with Gasteiger partial charge in [0, 0.05) is 25.3 Å². The molecule has 1 aromatic carbocycles. The van der Waals surface area contributed by atoms with E-state index in [4.69, 9.17) is 10.00 Å². The lowest BCUT2D eigenvalue weighted by molar-refractivity contribution is -0.140. The molecule has 35 heavy (non-hydrogen) atoms. The number of hydrogen-bond donors (Lipinski definition) is 1. The number of hydrogen-bond acceptors (Lipinski definition) is 3. The van der Waals surface area contributed by atoms with Crippen LogP contribution >= 0.6 is 0 Å². The van der Waals surface area contributed by atoms with E-state index < -0.39 is 0 Å². The molecule has 4 fully saturated rings. The summed E-state index contributed by atoms with van der Waals surface area (Å²) < 4.78 is 5.55. The number of carbonyl (C=O) groups excluding carboxylic acids is 1. The number of rotatable bonds is 5. The van der Waals surface area contributed by atoms with Gasteiger partial charge in [0.2, 0.25) is 5.91 Å². The molecule has 0 bridgehead atoms. The second-order valence-electron chi connectivity index (χ2n) is 12.6. The van der Waals surface area contributed by atoms with Gasteiger partial charge in [0.15, 0.2) is 0 Å². The fourth-order valence-electron chi connectivity index (χ4n) is 9.76. The molecule has 0 aliphatic heterocycles. The molecule has 1 amide bonds. The van der Waals surface area contributed by atoms with E-state index >= 15 is 0 Å². The molecule has 190 valence electrons. The molecule has 0 spiro atoms. The van der Waals surface area contributed by atoms with Gasteiger partial charge >= 0.3 is 0 Å². The lowest BCUT2D eigenvalue weighted by atomic mass is 9.43. The van der Waals surface area contributed by atoms with Crippen molar-refractivity contribution in [3.8, 4) is 6.07 Å². The lowest BCUT2D eigenvalue weighted by Gasteiger charge is -2.62. The van der Waals surface area contributed by atoms with Crippen molar-refractivity contribution in [2.24, 2.45) is 46.3 Å². The van der Waals surface area contributed by atoms with Crippen LogP contribution in [0.5, 0.6) is 0 Å². The van der Waals surface area contributed by atoms with Crippen molar-refractivity contribution in [1.82, 2.24) is 0 Å². The highest BCUT2D eigenvalue weighted by Gasteiger charge is 2.61. The topological polar surface area (TPSA) is 62.1 Å². The minimum absolute atomic E-state index is 0.0937. The average Bonchev–Trinajstić information content (AvgIpc) is 3.22. The number of fused-ring (bicyclic) bond motifs is 5. The number of aryl methyl sites for hydroxylation is 1. The summed E-state index contributed by atoms with van der Waals surface area (Å²) in [6.07, 6.45) is 12.9. The Kier molecular flexibility index (Phi) is 6.77. The summed E-state index contributed by atoms with van der Waals surface area (Å²) >= 11 is 0. The van der Waals surface area contributed by atoms with Crippen molar-refractivity contribution in [3.05, 3.63) is 29.3 Å². The Bertz CT molecular complexity index is 998. The number of nitriles is 1. The highest BCUT2D eigenvalue weighted by molar-refractivity contribution is 5.94. The Hall–Kier alpha value is -1.86. The molecule has 4 heteroatoms. The predicted octanol–water partition coefficient (Wildman–Crippen LogP) is 7.12. The molecule has 4 nitrogen and oxygen atoms in total. The van der Waals surface area contributed by atoms with Gasteiger partial charge in [-0.3, -0.25) is 4.79 Å². The molecule has 4 saturated carbocycles. The minimum Gasteiger partial charge on any atom is -0.384 e. The number of benzene rings is 1. The first kappa shape index (κ1) is 24.8. The van der Waals surface area contributed by atoms with Gasteiger partial charge in [0.05, 0.1) is 11.6 Å². The maximum absolute atomic E-state index is 13.6. The molecule has 8 unspecified atom stereocenters. The second kappa shape index (κ2) is 9.55. The van der Waals surface area contributed by atoms with E-state index in [0.717, 1.165) is 48.0 Å².